The molecule has 2 aromatic heterocycles. The molecule has 1 aromatic carbocycles. The van der Waals surface area contributed by atoms with Crippen molar-refractivity contribution in [3.63, 3.8) is 0 Å². The third kappa shape index (κ3) is 5.18. The first-order valence-corrected chi connectivity index (χ1v) is 9.16. The fraction of sp³-hybridized carbons (Fsp3) is 0.211. The number of hydrogen-bond acceptors (Lipinski definition) is 7. The average molecular weight is 384 g/mol. The summed E-state index contributed by atoms with van der Waals surface area (Å²) in [5.74, 6) is 1.29. The quantitative estimate of drug-likeness (QED) is 0.621. The van der Waals surface area contributed by atoms with Crippen molar-refractivity contribution in [2.75, 3.05) is 19.5 Å². The molecule has 140 valence electrons. The summed E-state index contributed by atoms with van der Waals surface area (Å²) in [5, 5.41) is 8.59. The van der Waals surface area contributed by atoms with Crippen molar-refractivity contribution in [1.29, 1.82) is 0 Å². The number of nitrogens with one attached hydrogen (secondary N) is 2. The van der Waals surface area contributed by atoms with Gasteiger partial charge in [-0.3, -0.25) is 9.78 Å². The molecule has 3 aromatic rings. The van der Waals surface area contributed by atoms with Crippen LogP contribution in [0.3, 0.4) is 0 Å². The predicted octanol–water partition coefficient (Wildman–Crippen LogP) is 3.16. The van der Waals surface area contributed by atoms with Gasteiger partial charge in [0, 0.05) is 17.6 Å². The van der Waals surface area contributed by atoms with Gasteiger partial charge < -0.3 is 20.1 Å². The van der Waals surface area contributed by atoms with Crippen molar-refractivity contribution < 1.29 is 14.3 Å². The minimum Gasteiger partial charge on any atom is -0.497 e. The van der Waals surface area contributed by atoms with Crippen LogP contribution in [-0.2, 0) is 17.8 Å². The number of carbonyl (C=O) groups is 1. The second kappa shape index (κ2) is 9.00. The molecule has 7 nitrogen and oxygen atoms in total. The molecule has 0 saturated heterocycles. The number of hydrogen-bond donors (Lipinski definition) is 2. The topological polar surface area (TPSA) is 85.4 Å². The lowest BCUT2D eigenvalue weighted by atomic mass is 10.2. The van der Waals surface area contributed by atoms with Crippen LogP contribution in [0.25, 0.3) is 0 Å². The van der Waals surface area contributed by atoms with E-state index in [1.807, 2.05) is 41.8 Å². The van der Waals surface area contributed by atoms with Gasteiger partial charge in [-0.15, -0.1) is 11.3 Å². The molecule has 0 bridgehead atoms. The lowest BCUT2D eigenvalue weighted by molar-refractivity contribution is -0.120. The summed E-state index contributed by atoms with van der Waals surface area (Å²) in [6.45, 7) is 0.399. The van der Waals surface area contributed by atoms with Crippen LogP contribution in [0.15, 0.2) is 48.0 Å². The first-order chi connectivity index (χ1) is 13.2. The molecule has 0 unspecified atom stereocenters. The largest absolute Gasteiger partial charge is 0.497 e. The van der Waals surface area contributed by atoms with Crippen LogP contribution in [0.4, 0.5) is 10.8 Å². The minimum absolute atomic E-state index is 0.100. The second-order valence-electron chi connectivity index (χ2n) is 5.61. The Morgan fingerprint density at radius 2 is 2.04 bits per heavy atom. The molecule has 2 heterocycles. The summed E-state index contributed by atoms with van der Waals surface area (Å²) in [6.07, 6.45) is 1.91. The summed E-state index contributed by atoms with van der Waals surface area (Å²) < 4.78 is 10.6. The number of aromatic nitrogens is 2. The van der Waals surface area contributed by atoms with Crippen molar-refractivity contribution in [1.82, 2.24) is 15.3 Å². The normalized spacial score (nSPS) is 10.3. The third-order valence-corrected chi connectivity index (χ3v) is 4.54. The molecule has 0 aliphatic rings. The molecule has 0 aliphatic carbocycles. The number of rotatable bonds is 8. The Morgan fingerprint density at radius 3 is 2.78 bits per heavy atom. The number of benzene rings is 1. The first-order valence-electron chi connectivity index (χ1n) is 8.28. The fourth-order valence-corrected chi connectivity index (χ4v) is 3.11. The first kappa shape index (κ1) is 18.7. The van der Waals surface area contributed by atoms with E-state index in [0.29, 0.717) is 28.9 Å². The number of carbonyl (C=O) groups excluding carboxylic acids is 1. The molecular formula is C19H20N4O3S. The van der Waals surface area contributed by atoms with Gasteiger partial charge >= 0.3 is 0 Å². The van der Waals surface area contributed by atoms with Gasteiger partial charge in [-0.2, -0.15) is 0 Å². The van der Waals surface area contributed by atoms with Crippen LogP contribution in [0.5, 0.6) is 11.5 Å². The Bertz CT molecular complexity index is 899. The highest BCUT2D eigenvalue weighted by atomic mass is 32.1. The summed E-state index contributed by atoms with van der Waals surface area (Å²) in [4.78, 5) is 20.8. The van der Waals surface area contributed by atoms with Gasteiger partial charge in [-0.1, -0.05) is 6.07 Å². The minimum atomic E-state index is -0.100. The molecule has 0 fully saturated rings. The zero-order chi connectivity index (χ0) is 19.1. The number of ether oxygens (including phenoxy) is 2. The zero-order valence-corrected chi connectivity index (χ0v) is 15.9. The second-order valence-corrected chi connectivity index (χ2v) is 6.47. The van der Waals surface area contributed by atoms with E-state index in [1.54, 1.807) is 20.4 Å². The standard InChI is InChI=1S/C19H20N4O3S/c1-25-15-6-7-17(26-2)16(10-15)23-19-22-14(12-27-19)9-18(24)21-11-13-5-3-4-8-20-13/h3-8,10,12H,9,11H2,1-2H3,(H,21,24)(H,22,23). The lowest BCUT2D eigenvalue weighted by Gasteiger charge is -2.10. The van der Waals surface area contributed by atoms with Gasteiger partial charge in [0.2, 0.25) is 5.91 Å². The van der Waals surface area contributed by atoms with E-state index in [1.165, 1.54) is 11.3 Å². The van der Waals surface area contributed by atoms with E-state index in [9.17, 15) is 4.79 Å². The van der Waals surface area contributed by atoms with E-state index in [0.717, 1.165) is 11.4 Å². The van der Waals surface area contributed by atoms with Crippen LogP contribution in [0.2, 0.25) is 0 Å². The van der Waals surface area contributed by atoms with Crippen LogP contribution in [-0.4, -0.2) is 30.1 Å². The Hall–Kier alpha value is -3.13. The van der Waals surface area contributed by atoms with E-state index in [4.69, 9.17) is 9.47 Å². The van der Waals surface area contributed by atoms with Gasteiger partial charge in [-0.05, 0) is 24.3 Å². The fourth-order valence-electron chi connectivity index (χ4n) is 2.39. The van der Waals surface area contributed by atoms with Gasteiger partial charge in [0.25, 0.3) is 0 Å². The smallest absolute Gasteiger partial charge is 0.226 e. The maximum Gasteiger partial charge on any atom is 0.226 e. The molecule has 0 spiro atoms. The SMILES string of the molecule is COc1ccc(OC)c(Nc2nc(CC(=O)NCc3ccccn3)cs2)c1. The molecule has 2 N–H and O–H groups in total. The number of thiazole rings is 1. The maximum absolute atomic E-state index is 12.1. The Morgan fingerprint density at radius 1 is 1.15 bits per heavy atom. The van der Waals surface area contributed by atoms with Gasteiger partial charge in [0.05, 0.1) is 44.3 Å². The third-order valence-electron chi connectivity index (χ3n) is 3.73. The van der Waals surface area contributed by atoms with Crippen molar-refractivity contribution in [2.45, 2.75) is 13.0 Å². The van der Waals surface area contributed by atoms with E-state index in [-0.39, 0.29) is 12.3 Å². The summed E-state index contributed by atoms with van der Waals surface area (Å²) in [6, 6.07) is 11.1. The highest BCUT2D eigenvalue weighted by molar-refractivity contribution is 7.13. The highest BCUT2D eigenvalue weighted by Gasteiger charge is 2.11. The Balaban J connectivity index is 1.59. The van der Waals surface area contributed by atoms with Gasteiger partial charge in [0.15, 0.2) is 5.13 Å². The molecule has 0 aliphatic heterocycles. The van der Waals surface area contributed by atoms with Crippen LogP contribution >= 0.6 is 11.3 Å². The van der Waals surface area contributed by atoms with Crippen molar-refractivity contribution >= 4 is 28.1 Å². The van der Waals surface area contributed by atoms with Crippen LogP contribution in [0.1, 0.15) is 11.4 Å². The maximum atomic E-state index is 12.1. The molecule has 0 saturated carbocycles. The van der Waals surface area contributed by atoms with Crippen molar-refractivity contribution in [2.24, 2.45) is 0 Å². The molecule has 27 heavy (non-hydrogen) atoms. The highest BCUT2D eigenvalue weighted by Crippen LogP contribution is 2.32. The van der Waals surface area contributed by atoms with E-state index < -0.39 is 0 Å². The average Bonchev–Trinajstić information content (AvgIpc) is 3.13. The number of pyridine rings is 1. The predicted molar refractivity (Wildman–Crippen MR) is 105 cm³/mol. The zero-order valence-electron chi connectivity index (χ0n) is 15.1. The van der Waals surface area contributed by atoms with E-state index >= 15 is 0 Å². The van der Waals surface area contributed by atoms with Crippen LogP contribution < -0.4 is 20.1 Å². The van der Waals surface area contributed by atoms with Gasteiger partial charge in [-0.25, -0.2) is 4.98 Å². The molecule has 0 radical (unpaired) electrons. The molecule has 3 rings (SSSR count). The van der Waals surface area contributed by atoms with Crippen LogP contribution in [0, 0.1) is 0 Å². The Kier molecular flexibility index (Phi) is 6.22. The molecule has 0 atom stereocenters. The van der Waals surface area contributed by atoms with Gasteiger partial charge in [0.1, 0.15) is 11.5 Å². The number of anilines is 2. The molecule has 8 heteroatoms. The molecular weight excluding hydrogens is 364 g/mol. The van der Waals surface area contributed by atoms with E-state index in [2.05, 4.69) is 20.6 Å². The summed E-state index contributed by atoms with van der Waals surface area (Å²) in [7, 11) is 3.21. The number of amides is 1. The number of nitrogens with zero attached hydrogens (tertiary/aromatic N) is 2. The Labute approximate surface area is 161 Å². The summed E-state index contributed by atoms with van der Waals surface area (Å²) >= 11 is 1.42. The lowest BCUT2D eigenvalue weighted by Crippen LogP contribution is -2.25. The monoisotopic (exact) mass is 384 g/mol. The van der Waals surface area contributed by atoms with Crippen molar-refractivity contribution in [3.05, 3.63) is 59.4 Å². The van der Waals surface area contributed by atoms with Crippen molar-refractivity contribution in [3.8, 4) is 11.5 Å². The summed E-state index contributed by atoms with van der Waals surface area (Å²) in [5.41, 5.74) is 2.26. The number of methoxy groups -OCH3 is 2. The molecule has 1 amide bonds.